The molecular weight excluding hydrogens is 380 g/mol. The number of rotatable bonds is 6. The van der Waals surface area contributed by atoms with Crippen LogP contribution < -0.4 is 23.7 Å². The fourth-order valence-corrected chi connectivity index (χ4v) is 2.88. The molecule has 0 radical (unpaired) electrons. The van der Waals surface area contributed by atoms with Crippen molar-refractivity contribution in [1.29, 1.82) is 0 Å². The first-order valence-electron chi connectivity index (χ1n) is 8.63. The van der Waals surface area contributed by atoms with Gasteiger partial charge in [-0.2, -0.15) is 0 Å². The first-order chi connectivity index (χ1) is 13.7. The molecule has 0 aliphatic heterocycles. The Labute approximate surface area is 168 Å². The summed E-state index contributed by atoms with van der Waals surface area (Å²) in [7, 11) is 2.75. The number of esters is 3. The van der Waals surface area contributed by atoms with Crippen LogP contribution in [0.4, 0.5) is 0 Å². The summed E-state index contributed by atoms with van der Waals surface area (Å²) in [6.45, 7) is 5.48. The number of benzene rings is 2. The summed E-state index contributed by atoms with van der Waals surface area (Å²) >= 11 is 0. The SMILES string of the molecule is COc1c(OC(C)=O)c(C)c(-c2cccc(OC(C)=O)c2)c(OC(C)=O)c1OC. The monoisotopic (exact) mass is 402 g/mol. The molecule has 0 unspecified atom stereocenters. The highest BCUT2D eigenvalue weighted by molar-refractivity contribution is 5.88. The van der Waals surface area contributed by atoms with Crippen LogP contribution in [0.3, 0.4) is 0 Å². The van der Waals surface area contributed by atoms with Crippen LogP contribution in [-0.4, -0.2) is 32.1 Å². The maximum Gasteiger partial charge on any atom is 0.308 e. The molecule has 154 valence electrons. The van der Waals surface area contributed by atoms with Crippen molar-refractivity contribution in [3.05, 3.63) is 29.8 Å². The minimum absolute atomic E-state index is 0.0810. The zero-order chi connectivity index (χ0) is 21.7. The van der Waals surface area contributed by atoms with Gasteiger partial charge in [0, 0.05) is 31.9 Å². The molecule has 0 amide bonds. The van der Waals surface area contributed by atoms with Gasteiger partial charge in [0.15, 0.2) is 11.5 Å². The lowest BCUT2D eigenvalue weighted by molar-refractivity contribution is -0.133. The topological polar surface area (TPSA) is 97.4 Å². The maximum absolute atomic E-state index is 11.8. The van der Waals surface area contributed by atoms with Gasteiger partial charge in [-0.25, -0.2) is 0 Å². The standard InChI is InChI=1S/C21H22O8/c1-11-17(15-8-7-9-16(10-15)27-12(2)22)19(29-14(4)24)21(26-6)20(25-5)18(11)28-13(3)23/h7-10H,1-6H3. The normalized spacial score (nSPS) is 10.1. The van der Waals surface area contributed by atoms with E-state index in [1.54, 1.807) is 31.2 Å². The molecule has 0 saturated carbocycles. The van der Waals surface area contributed by atoms with Crippen LogP contribution in [0.2, 0.25) is 0 Å². The number of carbonyl (C=O) groups is 3. The molecule has 0 aliphatic carbocycles. The van der Waals surface area contributed by atoms with Gasteiger partial charge in [-0.1, -0.05) is 12.1 Å². The van der Waals surface area contributed by atoms with E-state index < -0.39 is 17.9 Å². The Morgan fingerprint density at radius 1 is 0.724 bits per heavy atom. The fraction of sp³-hybridized carbons (Fsp3) is 0.286. The largest absolute Gasteiger partial charge is 0.490 e. The lowest BCUT2D eigenvalue weighted by atomic mass is 9.97. The molecule has 0 aliphatic rings. The van der Waals surface area contributed by atoms with Crippen molar-refractivity contribution in [2.24, 2.45) is 0 Å². The van der Waals surface area contributed by atoms with Gasteiger partial charge in [0.25, 0.3) is 0 Å². The minimum Gasteiger partial charge on any atom is -0.490 e. The summed E-state index contributed by atoms with van der Waals surface area (Å²) in [5, 5.41) is 0. The summed E-state index contributed by atoms with van der Waals surface area (Å²) in [4.78, 5) is 34.7. The predicted molar refractivity (Wildman–Crippen MR) is 104 cm³/mol. The zero-order valence-corrected chi connectivity index (χ0v) is 17.1. The van der Waals surface area contributed by atoms with E-state index in [1.165, 1.54) is 35.0 Å². The molecule has 0 bridgehead atoms. The molecule has 2 aromatic carbocycles. The van der Waals surface area contributed by atoms with E-state index in [0.717, 1.165) is 0 Å². The van der Waals surface area contributed by atoms with Gasteiger partial charge in [0.2, 0.25) is 11.5 Å². The maximum atomic E-state index is 11.8. The second-order valence-electron chi connectivity index (χ2n) is 6.03. The van der Waals surface area contributed by atoms with Crippen LogP contribution in [0.5, 0.6) is 28.7 Å². The molecule has 8 heteroatoms. The van der Waals surface area contributed by atoms with E-state index in [4.69, 9.17) is 23.7 Å². The highest BCUT2D eigenvalue weighted by atomic mass is 16.6. The lowest BCUT2D eigenvalue weighted by Crippen LogP contribution is -2.10. The van der Waals surface area contributed by atoms with Crippen molar-refractivity contribution in [1.82, 2.24) is 0 Å². The Bertz CT molecular complexity index is 962. The summed E-state index contributed by atoms with van der Waals surface area (Å²) in [5.41, 5.74) is 1.43. The second kappa shape index (κ2) is 9.09. The van der Waals surface area contributed by atoms with E-state index in [2.05, 4.69) is 0 Å². The van der Waals surface area contributed by atoms with Crippen LogP contribution in [0.25, 0.3) is 11.1 Å². The molecule has 0 atom stereocenters. The van der Waals surface area contributed by atoms with Crippen molar-refractivity contribution >= 4 is 17.9 Å². The Hall–Kier alpha value is -3.55. The van der Waals surface area contributed by atoms with Gasteiger partial charge in [-0.15, -0.1) is 0 Å². The van der Waals surface area contributed by atoms with Crippen LogP contribution in [0.15, 0.2) is 24.3 Å². The molecular formula is C21H22O8. The molecule has 0 fully saturated rings. The van der Waals surface area contributed by atoms with Crippen LogP contribution in [0, 0.1) is 6.92 Å². The smallest absolute Gasteiger partial charge is 0.308 e. The number of hydrogen-bond acceptors (Lipinski definition) is 8. The number of carbonyl (C=O) groups excluding carboxylic acids is 3. The van der Waals surface area contributed by atoms with E-state index in [0.29, 0.717) is 22.4 Å². The van der Waals surface area contributed by atoms with Gasteiger partial charge in [0.05, 0.1) is 14.2 Å². The molecule has 0 spiro atoms. The minimum atomic E-state index is -0.581. The Morgan fingerprint density at radius 3 is 1.76 bits per heavy atom. The van der Waals surface area contributed by atoms with Crippen molar-refractivity contribution in [3.63, 3.8) is 0 Å². The molecule has 0 heterocycles. The van der Waals surface area contributed by atoms with Gasteiger partial charge in [-0.3, -0.25) is 14.4 Å². The molecule has 2 aromatic rings. The summed E-state index contributed by atoms with van der Waals surface area (Å²) < 4.78 is 26.7. The molecule has 0 saturated heterocycles. The van der Waals surface area contributed by atoms with Crippen LogP contribution in [0.1, 0.15) is 26.3 Å². The number of hydrogen-bond donors (Lipinski definition) is 0. The highest BCUT2D eigenvalue weighted by Gasteiger charge is 2.29. The highest BCUT2D eigenvalue weighted by Crippen LogP contribution is 2.53. The Balaban J connectivity index is 2.89. The number of methoxy groups -OCH3 is 2. The van der Waals surface area contributed by atoms with Gasteiger partial charge < -0.3 is 23.7 Å². The van der Waals surface area contributed by atoms with Crippen molar-refractivity contribution < 1.29 is 38.1 Å². The molecule has 0 N–H and O–H groups in total. The van der Waals surface area contributed by atoms with E-state index in [9.17, 15) is 14.4 Å². The summed E-state index contributed by atoms with van der Waals surface area (Å²) in [6.07, 6.45) is 0. The average molecular weight is 402 g/mol. The number of ether oxygens (including phenoxy) is 5. The van der Waals surface area contributed by atoms with Crippen molar-refractivity contribution in [2.45, 2.75) is 27.7 Å². The Morgan fingerprint density at radius 2 is 1.24 bits per heavy atom. The summed E-state index contributed by atoms with van der Waals surface area (Å²) in [5.74, 6) is -0.922. The van der Waals surface area contributed by atoms with Gasteiger partial charge in [0.1, 0.15) is 5.75 Å². The van der Waals surface area contributed by atoms with Crippen LogP contribution in [-0.2, 0) is 14.4 Å². The quantitative estimate of drug-likeness (QED) is 0.535. The van der Waals surface area contributed by atoms with Crippen molar-refractivity contribution in [2.75, 3.05) is 14.2 Å². The van der Waals surface area contributed by atoms with Crippen LogP contribution >= 0.6 is 0 Å². The zero-order valence-electron chi connectivity index (χ0n) is 17.1. The fourth-order valence-electron chi connectivity index (χ4n) is 2.88. The molecule has 29 heavy (non-hydrogen) atoms. The first kappa shape index (κ1) is 21.7. The van der Waals surface area contributed by atoms with Gasteiger partial charge in [-0.05, 0) is 24.6 Å². The first-order valence-corrected chi connectivity index (χ1v) is 8.63. The Kier molecular flexibility index (Phi) is 6.82. The summed E-state index contributed by atoms with van der Waals surface area (Å²) in [6, 6.07) is 6.61. The third-order valence-electron chi connectivity index (χ3n) is 3.85. The average Bonchev–Trinajstić information content (AvgIpc) is 2.62. The van der Waals surface area contributed by atoms with E-state index in [-0.39, 0.29) is 23.0 Å². The molecule has 0 aromatic heterocycles. The lowest BCUT2D eigenvalue weighted by Gasteiger charge is -2.22. The van der Waals surface area contributed by atoms with E-state index in [1.807, 2.05) is 0 Å². The third kappa shape index (κ3) is 4.84. The molecule has 2 rings (SSSR count). The van der Waals surface area contributed by atoms with Gasteiger partial charge >= 0.3 is 17.9 Å². The second-order valence-corrected chi connectivity index (χ2v) is 6.03. The third-order valence-corrected chi connectivity index (χ3v) is 3.85. The predicted octanol–water partition coefficient (Wildman–Crippen LogP) is 3.46. The molecule has 8 nitrogen and oxygen atoms in total. The van der Waals surface area contributed by atoms with Crippen molar-refractivity contribution in [3.8, 4) is 39.9 Å². The van der Waals surface area contributed by atoms with E-state index >= 15 is 0 Å².